The van der Waals surface area contributed by atoms with E-state index in [4.69, 9.17) is 22.6 Å². The number of rotatable bonds is 18. The molecule has 6 aromatic rings. The van der Waals surface area contributed by atoms with Crippen molar-refractivity contribution in [1.29, 1.82) is 0 Å². The fraction of sp³-hybridized carbons (Fsp3) is 0.357. The van der Waals surface area contributed by atoms with Crippen LogP contribution in [0.25, 0.3) is 0 Å². The number of aryl methyl sites for hydroxylation is 2. The van der Waals surface area contributed by atoms with Crippen molar-refractivity contribution >= 4 is 65.6 Å². The van der Waals surface area contributed by atoms with E-state index in [0.29, 0.717) is 13.2 Å². The van der Waals surface area contributed by atoms with Crippen LogP contribution >= 0.6 is 17.6 Å². The van der Waals surface area contributed by atoms with Crippen molar-refractivity contribution in [2.75, 3.05) is 13.2 Å². The second-order valence-electron chi connectivity index (χ2n) is 18.6. The molecule has 0 bridgehead atoms. The van der Waals surface area contributed by atoms with Crippen LogP contribution in [0.4, 0.5) is 0 Å². The molecule has 7 rings (SSSR count). The van der Waals surface area contributed by atoms with E-state index >= 15 is 0 Å². The maximum Gasteiger partial charge on any atom is 0.261 e. The van der Waals surface area contributed by atoms with Crippen LogP contribution < -0.4 is 31.4 Å². The van der Waals surface area contributed by atoms with Gasteiger partial charge in [-0.3, -0.25) is 0 Å². The molecule has 0 aromatic heterocycles. The molecule has 1 fully saturated rings. The summed E-state index contributed by atoms with van der Waals surface area (Å²) < 4.78 is 36.9. The van der Waals surface area contributed by atoms with Crippen LogP contribution in [0, 0.1) is 0 Å². The molecule has 0 saturated carbocycles. The van der Waals surface area contributed by atoms with Gasteiger partial charge in [-0.1, -0.05) is 240 Å². The highest BCUT2D eigenvalue weighted by Gasteiger charge is 2.55. The molecule has 0 radical (unpaired) electrons. The van der Waals surface area contributed by atoms with E-state index in [1.54, 1.807) is 0 Å². The molecule has 2 unspecified atom stereocenters. The molecule has 6 aromatic carbocycles. The first-order valence-electron chi connectivity index (χ1n) is 22.6. The Morgan fingerprint density at radius 1 is 0.431 bits per heavy atom. The maximum atomic E-state index is 7.64. The largest absolute Gasteiger partial charge is 0.405 e. The van der Waals surface area contributed by atoms with Gasteiger partial charge in [0, 0.05) is 17.6 Å². The molecule has 9 heteroatoms. The molecule has 65 heavy (non-hydrogen) atoms. The van der Waals surface area contributed by atoms with Crippen molar-refractivity contribution in [3.63, 3.8) is 0 Å². The highest BCUT2D eigenvalue weighted by atomic mass is 31.1. The molecule has 1 saturated heterocycles. The molecule has 1 heterocycles. The van der Waals surface area contributed by atoms with Crippen LogP contribution in [0.15, 0.2) is 170 Å². The van der Waals surface area contributed by atoms with Gasteiger partial charge in [-0.25, -0.2) is 0 Å². The van der Waals surface area contributed by atoms with Gasteiger partial charge in [0.1, 0.15) is 24.4 Å². The van der Waals surface area contributed by atoms with Gasteiger partial charge in [-0.15, -0.1) is 0 Å². The van der Waals surface area contributed by atoms with Gasteiger partial charge in [0.15, 0.2) is 0 Å². The lowest BCUT2D eigenvalue weighted by molar-refractivity contribution is -0.0290. The van der Waals surface area contributed by atoms with Gasteiger partial charge in [-0.05, 0) is 65.4 Å². The Bertz CT molecular complexity index is 2040. The number of hydrogen-bond donors (Lipinski definition) is 0. The van der Waals surface area contributed by atoms with Gasteiger partial charge in [0.2, 0.25) is 0 Å². The molecule has 1 aliphatic heterocycles. The first-order valence-corrected chi connectivity index (χ1v) is 28.2. The van der Waals surface area contributed by atoms with E-state index in [2.05, 4.69) is 225 Å². The molecular weight excluding hydrogens is 871 g/mol. The Morgan fingerprint density at radius 2 is 0.708 bits per heavy atom. The third-order valence-corrected chi connectivity index (χ3v) is 24.4. The normalized spacial score (nSPS) is 18.2. The predicted octanol–water partition coefficient (Wildman–Crippen LogP) is 10.9. The van der Waals surface area contributed by atoms with Crippen molar-refractivity contribution < 1.29 is 22.6 Å². The van der Waals surface area contributed by atoms with Crippen molar-refractivity contribution in [3.05, 3.63) is 181 Å². The third kappa shape index (κ3) is 11.8. The zero-order valence-electron chi connectivity index (χ0n) is 38.3. The zero-order valence-corrected chi connectivity index (χ0v) is 42.3. The first kappa shape index (κ1) is 52.4. The van der Waals surface area contributed by atoms with Crippen LogP contribution in [0.3, 0.4) is 0 Å². The van der Waals surface area contributed by atoms with Crippen molar-refractivity contribution in [2.24, 2.45) is 0 Å². The zero-order chi connectivity index (χ0) is 44.5. The number of ether oxygens (including phenoxy) is 1. The summed E-state index contributed by atoms with van der Waals surface area (Å²) in [6.45, 7) is 19.0. The van der Waals surface area contributed by atoms with Gasteiger partial charge < -0.3 is 22.6 Å². The fourth-order valence-corrected chi connectivity index (χ4v) is 20.0. The van der Waals surface area contributed by atoms with Crippen molar-refractivity contribution in [1.82, 2.24) is 0 Å². The topological polar surface area (TPSA) is 46.2 Å². The van der Waals surface area contributed by atoms with E-state index in [-0.39, 0.29) is 42.5 Å². The minimum absolute atomic E-state index is 0. The molecule has 0 spiro atoms. The Morgan fingerprint density at radius 3 is 0.954 bits per heavy atom. The van der Waals surface area contributed by atoms with Crippen LogP contribution in [-0.4, -0.2) is 54.3 Å². The number of benzene rings is 6. The van der Waals surface area contributed by atoms with E-state index in [0.717, 1.165) is 23.5 Å². The molecule has 0 aliphatic carbocycles. The van der Waals surface area contributed by atoms with E-state index in [1.165, 1.54) is 31.9 Å². The fourth-order valence-electron chi connectivity index (χ4n) is 9.18. The summed E-state index contributed by atoms with van der Waals surface area (Å²) in [5.74, 6) is 0. The van der Waals surface area contributed by atoms with Gasteiger partial charge in [-0.2, -0.15) is 0 Å². The lowest BCUT2D eigenvalue weighted by atomic mass is 10.1. The van der Waals surface area contributed by atoms with Crippen LogP contribution in [-0.2, 0) is 35.5 Å². The predicted molar refractivity (Wildman–Crippen MR) is 287 cm³/mol. The summed E-state index contributed by atoms with van der Waals surface area (Å²) in [5, 5.41) is 6.79. The van der Waals surface area contributed by atoms with E-state index in [1.807, 2.05) is 0 Å². The Labute approximate surface area is 398 Å². The van der Waals surface area contributed by atoms with Crippen LogP contribution in [0.5, 0.6) is 0 Å². The summed E-state index contributed by atoms with van der Waals surface area (Å²) in [6.07, 6.45) is 0.264. The molecular formula is C56H74O5P2Si2. The van der Waals surface area contributed by atoms with Crippen molar-refractivity contribution in [3.8, 4) is 0 Å². The highest BCUT2D eigenvalue weighted by Crippen LogP contribution is 2.42. The van der Waals surface area contributed by atoms with Gasteiger partial charge >= 0.3 is 0 Å². The average Bonchev–Trinajstić information content (AvgIpc) is 3.64. The lowest BCUT2D eigenvalue weighted by Gasteiger charge is -2.44. The van der Waals surface area contributed by atoms with Gasteiger partial charge in [0.25, 0.3) is 16.6 Å². The van der Waals surface area contributed by atoms with Crippen LogP contribution in [0.1, 0.15) is 81.4 Å². The second-order valence-corrected chi connectivity index (χ2v) is 29.3. The molecule has 5 nitrogen and oxygen atoms in total. The average molecular weight is 945 g/mol. The summed E-state index contributed by atoms with van der Waals surface area (Å²) in [5.41, 5.74) is 2.61. The lowest BCUT2D eigenvalue weighted by Crippen LogP contribution is -2.67. The highest BCUT2D eigenvalue weighted by molar-refractivity contribution is 7.42. The Kier molecular flexibility index (Phi) is 18.9. The molecule has 1 aliphatic rings. The minimum Gasteiger partial charge on any atom is -0.405 e. The second kappa shape index (κ2) is 23.4. The van der Waals surface area contributed by atoms with E-state index in [9.17, 15) is 0 Å². The SMILES string of the molecule is C.C.CCc1ccc(PO[C@H]2[C@H](OPc3ccc(CC)cc3)[C@@H](CO[Si](c3ccccc3)(c3ccccc3)C(C)(C)C)O[C@@H]2CO[Si](c2ccccc2)(c2ccccc2)C(C)(C)C)cc1. The van der Waals surface area contributed by atoms with Gasteiger partial charge in [0.05, 0.1) is 13.2 Å². The summed E-state index contributed by atoms with van der Waals surface area (Å²) in [6, 6.07) is 60.9. The minimum atomic E-state index is -2.93. The summed E-state index contributed by atoms with van der Waals surface area (Å²) >= 11 is 0. The molecule has 0 N–H and O–H groups in total. The maximum absolute atomic E-state index is 7.64. The van der Waals surface area contributed by atoms with Crippen LogP contribution in [0.2, 0.25) is 10.1 Å². The third-order valence-electron chi connectivity index (χ3n) is 12.5. The number of hydrogen-bond acceptors (Lipinski definition) is 5. The monoisotopic (exact) mass is 944 g/mol. The Balaban J connectivity index is 0.00000397. The Hall–Kier alpha value is -3.59. The molecule has 6 atom stereocenters. The smallest absolute Gasteiger partial charge is 0.261 e. The first-order chi connectivity index (χ1) is 30.4. The molecule has 346 valence electrons. The van der Waals surface area contributed by atoms with E-state index < -0.39 is 41.1 Å². The summed E-state index contributed by atoms with van der Waals surface area (Å²) in [7, 11) is -5.66. The summed E-state index contributed by atoms with van der Waals surface area (Å²) in [4.78, 5) is 0. The molecule has 0 amide bonds. The quantitative estimate of drug-likeness (QED) is 0.0635. The van der Waals surface area contributed by atoms with Crippen molar-refractivity contribution in [2.45, 2.75) is 118 Å². The standard InChI is InChI=1S/C54H66O5P2Si2.2CH4/c1-9-41-31-35-43(36-32-41)60-58-51-49(39-55-62(53(3,4)5,45-23-15-11-16-24-45)46-25-17-12-18-26-46)57-50(52(51)59-61-44-37-33-42(10-2)34-38-44)40-56-63(54(6,7)8,47-27-19-13-20-28-47)48-29-21-14-22-30-48;;/h11-38,49-52,60-61H,9-10,39-40H2,1-8H3;2*1H4/t49-,50-,51-,52-;;/m1../s1.